The van der Waals surface area contributed by atoms with Crippen molar-refractivity contribution in [3.8, 4) is 6.01 Å². The molecular formula is C13H22ClN5O. The molecular weight excluding hydrogens is 278 g/mol. The molecule has 1 aliphatic rings. The second-order valence-electron chi connectivity index (χ2n) is 4.86. The molecule has 0 N–H and O–H groups in total. The largest absolute Gasteiger partial charge is 0.463 e. The lowest BCUT2D eigenvalue weighted by Crippen LogP contribution is -2.47. The molecule has 1 aliphatic heterocycles. The number of piperazine rings is 1. The Labute approximate surface area is 125 Å². The van der Waals surface area contributed by atoms with Crippen LogP contribution in [0.5, 0.6) is 6.01 Å². The smallest absolute Gasteiger partial charge is 0.322 e. The van der Waals surface area contributed by atoms with Crippen molar-refractivity contribution in [2.75, 3.05) is 44.2 Å². The van der Waals surface area contributed by atoms with E-state index in [1.54, 1.807) is 0 Å². The maximum absolute atomic E-state index is 5.95. The monoisotopic (exact) mass is 299 g/mol. The molecule has 2 rings (SSSR count). The summed E-state index contributed by atoms with van der Waals surface area (Å²) in [7, 11) is 0. The number of hydrogen-bond donors (Lipinski definition) is 0. The number of rotatable bonds is 6. The Bertz CT molecular complexity index is 423. The fourth-order valence-electron chi connectivity index (χ4n) is 2.21. The SMILES string of the molecule is CCCOc1nc(Cl)nc(N2CCN(CCC)CC2)n1. The highest BCUT2D eigenvalue weighted by molar-refractivity contribution is 6.28. The van der Waals surface area contributed by atoms with Crippen LogP contribution >= 0.6 is 11.6 Å². The van der Waals surface area contributed by atoms with Crippen LogP contribution in [0.1, 0.15) is 26.7 Å². The molecule has 1 fully saturated rings. The zero-order valence-electron chi connectivity index (χ0n) is 12.2. The lowest BCUT2D eigenvalue weighted by atomic mass is 10.3. The van der Waals surface area contributed by atoms with Crippen molar-refractivity contribution in [3.05, 3.63) is 5.28 Å². The molecule has 1 aromatic heterocycles. The van der Waals surface area contributed by atoms with Crippen molar-refractivity contribution in [2.45, 2.75) is 26.7 Å². The van der Waals surface area contributed by atoms with E-state index in [0.29, 0.717) is 18.6 Å². The highest BCUT2D eigenvalue weighted by atomic mass is 35.5. The zero-order valence-corrected chi connectivity index (χ0v) is 12.9. The third-order valence-corrected chi connectivity index (χ3v) is 3.38. The lowest BCUT2D eigenvalue weighted by Gasteiger charge is -2.34. The van der Waals surface area contributed by atoms with Crippen molar-refractivity contribution >= 4 is 17.5 Å². The number of ether oxygens (including phenoxy) is 1. The second-order valence-corrected chi connectivity index (χ2v) is 5.20. The molecule has 0 radical (unpaired) electrons. The Morgan fingerprint density at radius 1 is 1.05 bits per heavy atom. The van der Waals surface area contributed by atoms with E-state index in [2.05, 4.69) is 31.7 Å². The van der Waals surface area contributed by atoms with Crippen molar-refractivity contribution < 1.29 is 4.74 Å². The van der Waals surface area contributed by atoms with Gasteiger partial charge in [0.25, 0.3) is 0 Å². The van der Waals surface area contributed by atoms with E-state index in [1.807, 2.05) is 6.92 Å². The fraction of sp³-hybridized carbons (Fsp3) is 0.769. The number of anilines is 1. The Hall–Kier alpha value is -1.14. The van der Waals surface area contributed by atoms with Gasteiger partial charge < -0.3 is 9.64 Å². The van der Waals surface area contributed by atoms with Crippen molar-refractivity contribution in [3.63, 3.8) is 0 Å². The summed E-state index contributed by atoms with van der Waals surface area (Å²) in [4.78, 5) is 17.1. The van der Waals surface area contributed by atoms with Crippen LogP contribution in [0.3, 0.4) is 0 Å². The molecule has 7 heteroatoms. The summed E-state index contributed by atoms with van der Waals surface area (Å²) in [6.07, 6.45) is 2.10. The van der Waals surface area contributed by atoms with E-state index in [1.165, 1.54) is 6.42 Å². The molecule has 0 saturated carbocycles. The lowest BCUT2D eigenvalue weighted by molar-refractivity contribution is 0.256. The van der Waals surface area contributed by atoms with Crippen LogP contribution in [0.15, 0.2) is 0 Å². The maximum Gasteiger partial charge on any atom is 0.322 e. The van der Waals surface area contributed by atoms with Gasteiger partial charge >= 0.3 is 6.01 Å². The molecule has 2 heterocycles. The molecule has 0 unspecified atom stereocenters. The molecule has 1 saturated heterocycles. The van der Waals surface area contributed by atoms with E-state index in [4.69, 9.17) is 16.3 Å². The predicted octanol–water partition coefficient (Wildman–Crippen LogP) is 1.85. The van der Waals surface area contributed by atoms with Crippen molar-refractivity contribution in [1.82, 2.24) is 19.9 Å². The Balaban J connectivity index is 2.00. The van der Waals surface area contributed by atoms with Crippen LogP contribution in [-0.4, -0.2) is 59.2 Å². The van der Waals surface area contributed by atoms with Crippen molar-refractivity contribution in [1.29, 1.82) is 0 Å². The van der Waals surface area contributed by atoms with E-state index in [9.17, 15) is 0 Å². The molecule has 0 aliphatic carbocycles. The first-order valence-electron chi connectivity index (χ1n) is 7.24. The molecule has 112 valence electrons. The minimum Gasteiger partial charge on any atom is -0.463 e. The van der Waals surface area contributed by atoms with E-state index < -0.39 is 0 Å². The first kappa shape index (κ1) is 15.3. The third kappa shape index (κ3) is 4.18. The van der Waals surface area contributed by atoms with Gasteiger partial charge in [0.2, 0.25) is 11.2 Å². The number of nitrogens with zero attached hydrogens (tertiary/aromatic N) is 5. The maximum atomic E-state index is 5.95. The molecule has 0 aromatic carbocycles. The summed E-state index contributed by atoms with van der Waals surface area (Å²) in [5.74, 6) is 0.618. The molecule has 0 amide bonds. The van der Waals surface area contributed by atoms with Gasteiger partial charge in [-0.05, 0) is 31.0 Å². The van der Waals surface area contributed by atoms with Crippen LogP contribution in [0.25, 0.3) is 0 Å². The molecule has 0 bridgehead atoms. The highest BCUT2D eigenvalue weighted by Gasteiger charge is 2.19. The predicted molar refractivity (Wildman–Crippen MR) is 79.6 cm³/mol. The topological polar surface area (TPSA) is 54.4 Å². The third-order valence-electron chi connectivity index (χ3n) is 3.21. The van der Waals surface area contributed by atoms with Crippen LogP contribution in [0, 0.1) is 0 Å². The van der Waals surface area contributed by atoms with Gasteiger partial charge in [0.15, 0.2) is 0 Å². The summed E-state index contributed by atoms with van der Waals surface area (Å²) < 4.78 is 5.44. The summed E-state index contributed by atoms with van der Waals surface area (Å²) in [6.45, 7) is 9.86. The average molecular weight is 300 g/mol. The highest BCUT2D eigenvalue weighted by Crippen LogP contribution is 2.17. The molecule has 0 atom stereocenters. The van der Waals surface area contributed by atoms with Gasteiger partial charge in [-0.2, -0.15) is 15.0 Å². The van der Waals surface area contributed by atoms with Crippen LogP contribution in [0.2, 0.25) is 5.28 Å². The first-order valence-corrected chi connectivity index (χ1v) is 7.62. The molecule has 20 heavy (non-hydrogen) atoms. The van der Waals surface area contributed by atoms with Gasteiger partial charge in [-0.3, -0.25) is 4.90 Å². The van der Waals surface area contributed by atoms with Crippen LogP contribution in [0.4, 0.5) is 5.95 Å². The Kier molecular flexibility index (Phi) is 5.79. The van der Waals surface area contributed by atoms with Gasteiger partial charge in [0.05, 0.1) is 6.61 Å². The molecule has 0 spiro atoms. The normalized spacial score (nSPS) is 16.4. The summed E-state index contributed by atoms with van der Waals surface area (Å²) in [5, 5.41) is 0.192. The number of halogens is 1. The average Bonchev–Trinajstić information content (AvgIpc) is 2.46. The molecule has 6 nitrogen and oxygen atoms in total. The Morgan fingerprint density at radius 3 is 2.45 bits per heavy atom. The van der Waals surface area contributed by atoms with Gasteiger partial charge in [0.1, 0.15) is 0 Å². The van der Waals surface area contributed by atoms with Crippen molar-refractivity contribution in [2.24, 2.45) is 0 Å². The van der Waals surface area contributed by atoms with Crippen LogP contribution in [-0.2, 0) is 0 Å². The van der Waals surface area contributed by atoms with E-state index >= 15 is 0 Å². The first-order chi connectivity index (χ1) is 9.72. The van der Waals surface area contributed by atoms with E-state index in [-0.39, 0.29) is 5.28 Å². The minimum atomic E-state index is 0.192. The number of hydrogen-bond acceptors (Lipinski definition) is 6. The van der Waals surface area contributed by atoms with Gasteiger partial charge in [-0.25, -0.2) is 0 Å². The minimum absolute atomic E-state index is 0.192. The second kappa shape index (κ2) is 7.59. The number of aromatic nitrogens is 3. The molecule has 1 aromatic rings. The summed E-state index contributed by atoms with van der Waals surface area (Å²) >= 11 is 5.95. The Morgan fingerprint density at radius 2 is 1.80 bits per heavy atom. The van der Waals surface area contributed by atoms with E-state index in [0.717, 1.165) is 39.1 Å². The summed E-state index contributed by atoms with van der Waals surface area (Å²) in [5.41, 5.74) is 0. The summed E-state index contributed by atoms with van der Waals surface area (Å²) in [6, 6.07) is 0.317. The zero-order chi connectivity index (χ0) is 14.4. The quantitative estimate of drug-likeness (QED) is 0.799. The van der Waals surface area contributed by atoms with Gasteiger partial charge in [-0.1, -0.05) is 13.8 Å². The van der Waals surface area contributed by atoms with Gasteiger partial charge in [0, 0.05) is 26.2 Å². The van der Waals surface area contributed by atoms with Crippen LogP contribution < -0.4 is 9.64 Å². The standard InChI is InChI=1S/C13H22ClN5O/c1-3-5-18-6-8-19(9-7-18)12-15-11(14)16-13(17-12)20-10-4-2/h3-10H2,1-2H3. The van der Waals surface area contributed by atoms with Gasteiger partial charge in [-0.15, -0.1) is 0 Å². The fourth-order valence-corrected chi connectivity index (χ4v) is 2.36.